The summed E-state index contributed by atoms with van der Waals surface area (Å²) in [7, 11) is 0. The molecule has 0 saturated carbocycles. The second-order valence-electron chi connectivity index (χ2n) is 2.53. The van der Waals surface area contributed by atoms with E-state index < -0.39 is 22.4 Å². The third kappa shape index (κ3) is 2.67. The van der Waals surface area contributed by atoms with Gasteiger partial charge in [0.25, 0.3) is 5.24 Å². The van der Waals surface area contributed by atoms with E-state index in [1.54, 1.807) is 0 Å². The van der Waals surface area contributed by atoms with Crippen molar-refractivity contribution < 1.29 is 18.3 Å². The molecule has 1 aromatic rings. The van der Waals surface area contributed by atoms with Gasteiger partial charge in [-0.05, 0) is 17.7 Å². The van der Waals surface area contributed by atoms with Crippen molar-refractivity contribution in [2.75, 3.05) is 6.61 Å². The first-order valence-electron chi connectivity index (χ1n) is 3.81. The first-order valence-corrected chi connectivity index (χ1v) is 4.19. The third-order valence-electron chi connectivity index (χ3n) is 1.54. The Morgan fingerprint density at radius 1 is 1.47 bits per heavy atom. The van der Waals surface area contributed by atoms with Crippen molar-refractivity contribution in [2.45, 2.75) is 0 Å². The van der Waals surface area contributed by atoms with Crippen LogP contribution < -0.4 is 4.74 Å². The average molecular weight is 231 g/mol. The van der Waals surface area contributed by atoms with Gasteiger partial charge in [-0.25, -0.2) is 8.78 Å². The largest absolute Gasteiger partial charge is 0.478 e. The second-order valence-corrected chi connectivity index (χ2v) is 2.87. The van der Waals surface area contributed by atoms with Gasteiger partial charge in [-0.3, -0.25) is 4.79 Å². The van der Waals surface area contributed by atoms with Crippen LogP contribution in [0.25, 0.3) is 0 Å². The molecule has 0 heterocycles. The van der Waals surface area contributed by atoms with Crippen LogP contribution >= 0.6 is 11.6 Å². The van der Waals surface area contributed by atoms with Crippen LogP contribution in [0, 0.1) is 24.0 Å². The molecule has 0 aliphatic heterocycles. The van der Waals surface area contributed by atoms with Gasteiger partial charge < -0.3 is 4.74 Å². The van der Waals surface area contributed by atoms with Crippen LogP contribution in [0.3, 0.4) is 0 Å². The fourth-order valence-corrected chi connectivity index (χ4v) is 1.05. The Bertz CT molecular complexity index is 438. The van der Waals surface area contributed by atoms with E-state index >= 15 is 0 Å². The van der Waals surface area contributed by atoms with Crippen LogP contribution in [-0.4, -0.2) is 11.8 Å². The lowest BCUT2D eigenvalue weighted by atomic mass is 10.2. The Morgan fingerprint density at radius 3 is 2.67 bits per heavy atom. The Hall–Kier alpha value is -1.60. The number of carbonyl (C=O) groups excluding carboxylic acids is 1. The van der Waals surface area contributed by atoms with Crippen LogP contribution in [0.15, 0.2) is 12.1 Å². The topological polar surface area (TPSA) is 26.3 Å². The standard InChI is InChI=1S/C10H5ClF2O2/c1-2-3-15-9-5-7(12)6(10(11)14)4-8(9)13/h1,4-5H,3H2. The lowest BCUT2D eigenvalue weighted by Gasteiger charge is -2.05. The number of halogens is 3. The van der Waals surface area contributed by atoms with E-state index in [-0.39, 0.29) is 12.4 Å². The Kier molecular flexibility index (Phi) is 3.64. The average Bonchev–Trinajstić information content (AvgIpc) is 2.18. The highest BCUT2D eigenvalue weighted by Gasteiger charge is 2.14. The van der Waals surface area contributed by atoms with Crippen molar-refractivity contribution in [2.24, 2.45) is 0 Å². The van der Waals surface area contributed by atoms with E-state index in [2.05, 4.69) is 5.92 Å². The first-order chi connectivity index (χ1) is 7.06. The summed E-state index contributed by atoms with van der Waals surface area (Å²) in [6.07, 6.45) is 4.88. The molecular weight excluding hydrogens is 226 g/mol. The summed E-state index contributed by atoms with van der Waals surface area (Å²) < 4.78 is 30.9. The van der Waals surface area contributed by atoms with Crippen LogP contribution in [0.4, 0.5) is 8.78 Å². The molecule has 0 aromatic heterocycles. The maximum Gasteiger partial charge on any atom is 0.255 e. The number of ether oxygens (including phenoxy) is 1. The van der Waals surface area contributed by atoms with Gasteiger partial charge >= 0.3 is 0 Å². The molecular formula is C10H5ClF2O2. The van der Waals surface area contributed by atoms with Crippen molar-refractivity contribution in [3.63, 3.8) is 0 Å². The summed E-state index contributed by atoms with van der Waals surface area (Å²) in [5.41, 5.74) is -0.540. The SMILES string of the molecule is C#CCOc1cc(F)c(C(=O)Cl)cc1F. The quantitative estimate of drug-likeness (QED) is 0.589. The number of rotatable bonds is 3. The summed E-state index contributed by atoms with van der Waals surface area (Å²) in [6, 6.07) is 1.39. The highest BCUT2D eigenvalue weighted by Crippen LogP contribution is 2.22. The molecule has 1 rings (SSSR count). The van der Waals surface area contributed by atoms with E-state index in [9.17, 15) is 13.6 Å². The normalized spacial score (nSPS) is 9.47. The molecule has 0 aliphatic carbocycles. The molecule has 0 amide bonds. The molecule has 0 radical (unpaired) electrons. The number of hydrogen-bond acceptors (Lipinski definition) is 2. The Morgan fingerprint density at radius 2 is 2.13 bits per heavy atom. The molecule has 1 aromatic carbocycles. The maximum atomic E-state index is 13.1. The first kappa shape index (κ1) is 11.5. The minimum Gasteiger partial charge on any atom is -0.478 e. The van der Waals surface area contributed by atoms with Gasteiger partial charge in [0.2, 0.25) is 0 Å². The molecule has 2 nitrogen and oxygen atoms in total. The maximum absolute atomic E-state index is 13.1. The molecule has 0 atom stereocenters. The van der Waals surface area contributed by atoms with Crippen LogP contribution in [0.2, 0.25) is 0 Å². The summed E-state index contributed by atoms with van der Waals surface area (Å²) >= 11 is 5.02. The zero-order valence-corrected chi connectivity index (χ0v) is 8.15. The van der Waals surface area contributed by atoms with Crippen LogP contribution in [0.5, 0.6) is 5.75 Å². The van der Waals surface area contributed by atoms with E-state index in [0.29, 0.717) is 6.07 Å². The minimum absolute atomic E-state index is 0.190. The number of carbonyl (C=O) groups is 1. The molecule has 0 unspecified atom stereocenters. The van der Waals surface area contributed by atoms with Gasteiger partial charge in [0, 0.05) is 6.07 Å². The summed E-state index contributed by atoms with van der Waals surface area (Å²) in [4.78, 5) is 10.6. The molecule has 5 heteroatoms. The fourth-order valence-electron chi connectivity index (χ4n) is 0.909. The number of terminal acetylenes is 1. The molecule has 0 fully saturated rings. The van der Waals surface area contributed by atoms with Crippen LogP contribution in [-0.2, 0) is 0 Å². The molecule has 0 aliphatic rings. The summed E-state index contributed by atoms with van der Waals surface area (Å²) in [5, 5.41) is -1.07. The van der Waals surface area contributed by atoms with Crippen molar-refractivity contribution in [1.29, 1.82) is 0 Å². The minimum atomic E-state index is -1.07. The molecule has 0 spiro atoms. The van der Waals surface area contributed by atoms with Crippen molar-refractivity contribution in [3.8, 4) is 18.1 Å². The molecule has 0 bridgehead atoms. The summed E-state index contributed by atoms with van der Waals surface area (Å²) in [6.45, 7) is -0.190. The zero-order valence-electron chi connectivity index (χ0n) is 7.39. The van der Waals surface area contributed by atoms with Gasteiger partial charge in [-0.1, -0.05) is 5.92 Å². The predicted molar refractivity (Wildman–Crippen MR) is 50.9 cm³/mol. The molecule has 0 saturated heterocycles. The Balaban J connectivity index is 3.09. The highest BCUT2D eigenvalue weighted by atomic mass is 35.5. The predicted octanol–water partition coefficient (Wildman–Crippen LogP) is 2.36. The van der Waals surface area contributed by atoms with E-state index in [4.69, 9.17) is 22.8 Å². The van der Waals surface area contributed by atoms with Crippen molar-refractivity contribution in [1.82, 2.24) is 0 Å². The molecule has 78 valence electrons. The second kappa shape index (κ2) is 4.76. The zero-order chi connectivity index (χ0) is 11.4. The number of benzene rings is 1. The van der Waals surface area contributed by atoms with Crippen molar-refractivity contribution >= 4 is 16.8 Å². The Labute approximate surface area is 89.8 Å². The third-order valence-corrected chi connectivity index (χ3v) is 1.75. The lowest BCUT2D eigenvalue weighted by molar-refractivity contribution is 0.107. The highest BCUT2D eigenvalue weighted by molar-refractivity contribution is 6.67. The summed E-state index contributed by atoms with van der Waals surface area (Å²) in [5.74, 6) is -0.107. The van der Waals surface area contributed by atoms with Gasteiger partial charge in [0.15, 0.2) is 11.6 Å². The van der Waals surface area contributed by atoms with Gasteiger partial charge in [-0.2, -0.15) is 0 Å². The van der Waals surface area contributed by atoms with Crippen molar-refractivity contribution in [3.05, 3.63) is 29.3 Å². The lowest BCUT2D eigenvalue weighted by Crippen LogP contribution is -2.01. The van der Waals surface area contributed by atoms with Gasteiger partial charge in [-0.15, -0.1) is 6.42 Å². The van der Waals surface area contributed by atoms with E-state index in [1.807, 2.05) is 0 Å². The van der Waals surface area contributed by atoms with Crippen LogP contribution in [0.1, 0.15) is 10.4 Å². The smallest absolute Gasteiger partial charge is 0.255 e. The van der Waals surface area contributed by atoms with E-state index in [0.717, 1.165) is 6.07 Å². The molecule has 15 heavy (non-hydrogen) atoms. The van der Waals surface area contributed by atoms with Gasteiger partial charge in [0.05, 0.1) is 5.56 Å². The van der Waals surface area contributed by atoms with E-state index in [1.165, 1.54) is 0 Å². The monoisotopic (exact) mass is 230 g/mol. The molecule has 0 N–H and O–H groups in total. The van der Waals surface area contributed by atoms with Gasteiger partial charge in [0.1, 0.15) is 12.4 Å². The number of hydrogen-bond donors (Lipinski definition) is 0. The fraction of sp³-hybridized carbons (Fsp3) is 0.100.